The Kier molecular flexibility index (Phi) is 16.4. The summed E-state index contributed by atoms with van der Waals surface area (Å²) in [5.41, 5.74) is -3.73. The van der Waals surface area contributed by atoms with E-state index in [4.69, 9.17) is 9.83 Å². The van der Waals surface area contributed by atoms with E-state index in [1.54, 1.807) is 0 Å². The van der Waals surface area contributed by atoms with E-state index in [2.05, 4.69) is 0 Å². The maximum Gasteiger partial charge on any atom is 0.460 e. The van der Waals surface area contributed by atoms with Crippen LogP contribution in [0, 0.1) is 16.7 Å². The van der Waals surface area contributed by atoms with Crippen molar-refractivity contribution in [2.24, 2.45) is 0 Å². The predicted molar refractivity (Wildman–Crippen MR) is 184 cm³/mol. The first-order valence-electron chi connectivity index (χ1n) is 19.3. The van der Waals surface area contributed by atoms with Crippen molar-refractivity contribution < 1.29 is 154 Å². The molecule has 1 aromatic heterocycles. The average molecular weight is 1180 g/mol. The molecule has 432 valence electrons. The zero-order valence-corrected chi connectivity index (χ0v) is 35.5. The van der Waals surface area contributed by atoms with Crippen LogP contribution >= 0.6 is 0 Å². The monoisotopic (exact) mass is 1180 g/mol. The van der Waals surface area contributed by atoms with Gasteiger partial charge in [0.1, 0.15) is 17.2 Å². The molecule has 0 bridgehead atoms. The van der Waals surface area contributed by atoms with E-state index in [0.717, 1.165) is 6.07 Å². The summed E-state index contributed by atoms with van der Waals surface area (Å²) in [5.74, 6) is -120. The Hall–Kier alpha value is -5.44. The molecular formula is C38H21F34N3O. The van der Waals surface area contributed by atoms with Gasteiger partial charge in [0, 0.05) is 48.6 Å². The van der Waals surface area contributed by atoms with Gasteiger partial charge in [-0.1, -0.05) is 30.3 Å². The van der Waals surface area contributed by atoms with E-state index in [0.29, 0.717) is 12.1 Å². The molecule has 0 radical (unpaired) electrons. The molecule has 38 heteroatoms. The lowest BCUT2D eigenvalue weighted by Crippen LogP contribution is -2.74. The van der Waals surface area contributed by atoms with Crippen molar-refractivity contribution in [3.63, 3.8) is 0 Å². The summed E-state index contributed by atoms with van der Waals surface area (Å²) in [5, 5.41) is 17.4. The van der Waals surface area contributed by atoms with E-state index in [9.17, 15) is 155 Å². The Balaban J connectivity index is 2.15. The third-order valence-electron chi connectivity index (χ3n) is 10.9. The topological polar surface area (TPSA) is 64.0 Å². The number of hydrogen-bond donors (Lipinski definition) is 1. The van der Waals surface area contributed by atoms with E-state index in [1.807, 2.05) is 0 Å². The highest BCUT2D eigenvalue weighted by atomic mass is 19.4. The van der Waals surface area contributed by atoms with Crippen LogP contribution in [-0.2, 0) is 0 Å². The highest BCUT2D eigenvalue weighted by Crippen LogP contribution is 2.66. The van der Waals surface area contributed by atoms with Crippen LogP contribution in [0.2, 0.25) is 0 Å². The summed E-state index contributed by atoms with van der Waals surface area (Å²) >= 11 is 0. The van der Waals surface area contributed by atoms with Gasteiger partial charge in [-0.2, -0.15) is 155 Å². The first-order chi connectivity index (χ1) is 33.5. The molecule has 0 amide bonds. The van der Waals surface area contributed by atoms with Crippen LogP contribution in [0.4, 0.5) is 155 Å². The number of hydrogen-bond acceptors (Lipinski definition) is 4. The van der Waals surface area contributed by atoms with Crippen LogP contribution in [0.25, 0.3) is 22.1 Å². The second-order valence-electron chi connectivity index (χ2n) is 15.8. The van der Waals surface area contributed by atoms with Crippen LogP contribution in [0.5, 0.6) is 0 Å². The Morgan fingerprint density at radius 3 is 1.05 bits per heavy atom. The lowest BCUT2D eigenvalue weighted by molar-refractivity contribution is -0.461. The van der Waals surface area contributed by atoms with Gasteiger partial charge >= 0.3 is 95.3 Å². The van der Waals surface area contributed by atoms with Crippen molar-refractivity contribution in [3.8, 4) is 17.2 Å². The minimum atomic E-state index is -9.06. The molecular weight excluding hydrogens is 1160 g/mol. The molecule has 0 atom stereocenters. The summed E-state index contributed by atoms with van der Waals surface area (Å²) in [7, 11) is 0. The first-order valence-corrected chi connectivity index (χ1v) is 19.3. The minimum absolute atomic E-state index is 0.0279. The summed E-state index contributed by atoms with van der Waals surface area (Å²) in [6, 6.07) is 9.70. The maximum absolute atomic E-state index is 14.8. The predicted octanol–water partition coefficient (Wildman–Crippen LogP) is 15.8. The van der Waals surface area contributed by atoms with Gasteiger partial charge in [-0.05, 0) is 30.5 Å². The van der Waals surface area contributed by atoms with Crippen molar-refractivity contribution in [1.82, 2.24) is 0 Å². The highest BCUT2D eigenvalue weighted by molar-refractivity contribution is 5.97. The van der Waals surface area contributed by atoms with E-state index < -0.39 is 156 Å². The molecule has 3 rings (SSSR count). The van der Waals surface area contributed by atoms with Crippen LogP contribution < -0.4 is 10.5 Å². The number of rotatable bonds is 22. The zero-order chi connectivity index (χ0) is 59.9. The van der Waals surface area contributed by atoms with E-state index in [1.165, 1.54) is 36.4 Å². The van der Waals surface area contributed by atoms with Crippen LogP contribution in [-0.4, -0.2) is 108 Å². The summed E-state index contributed by atoms with van der Waals surface area (Å²) < 4.78 is 475. The number of anilines is 1. The van der Waals surface area contributed by atoms with Crippen LogP contribution in [0.3, 0.4) is 0 Å². The normalized spacial score (nSPS) is 15.3. The molecule has 2 aromatic carbocycles. The molecule has 0 fully saturated rings. The van der Waals surface area contributed by atoms with Gasteiger partial charge in [-0.3, -0.25) is 5.41 Å². The molecule has 76 heavy (non-hydrogen) atoms. The smallest absolute Gasteiger partial charge is 0.437 e. The van der Waals surface area contributed by atoms with Gasteiger partial charge in [0.25, 0.3) is 0 Å². The lowest BCUT2D eigenvalue weighted by Gasteiger charge is -2.43. The van der Waals surface area contributed by atoms with Crippen molar-refractivity contribution in [2.45, 2.75) is 121 Å². The Bertz CT molecular complexity index is 2560. The average Bonchev–Trinajstić information content (AvgIpc) is 3.26. The molecule has 0 unspecified atom stereocenters. The van der Waals surface area contributed by atoms with Crippen LogP contribution in [0.1, 0.15) is 31.2 Å². The second-order valence-corrected chi connectivity index (χ2v) is 15.8. The molecule has 0 spiro atoms. The Labute approximate surface area is 397 Å². The third-order valence-corrected chi connectivity index (χ3v) is 10.9. The summed E-state index contributed by atoms with van der Waals surface area (Å²) in [6.45, 7) is -3.77. The second kappa shape index (κ2) is 19.2. The molecule has 0 saturated heterocycles. The Morgan fingerprint density at radius 1 is 0.421 bits per heavy atom. The standard InChI is InChI=1S/C38H21F34N3O/c39-23(40,25(43,44)27(47,48)29(51,52)31(55,56)33(59,60)35(63,64)37(67,68)69)10-4-12-75(17-8-9-18-20(14-17)76-22(74)19(15-73)21(18)16-6-2-1-3-7-16)13-5-11-24(41,42)26(45,46)28(49,50)30(53,54)32(57,58)34(61,62)36(65,66)38(70,71)72/h1-3,6-9,14,74H,4-5,10-13H2. The number of nitriles is 1. The highest BCUT2D eigenvalue weighted by Gasteiger charge is 2.97. The van der Waals surface area contributed by atoms with Gasteiger partial charge < -0.3 is 9.32 Å². The number of nitrogens with zero attached hydrogens (tertiary/aromatic N) is 2. The minimum Gasteiger partial charge on any atom is -0.437 e. The molecule has 0 aliphatic carbocycles. The molecule has 4 nitrogen and oxygen atoms in total. The lowest BCUT2D eigenvalue weighted by atomic mass is 9.88. The van der Waals surface area contributed by atoms with Gasteiger partial charge in [0.05, 0.1) is 0 Å². The number of halogens is 34. The molecule has 0 saturated carbocycles. The number of alkyl halides is 34. The fourth-order valence-electron chi connectivity index (χ4n) is 6.48. The number of nitrogens with one attached hydrogen (secondary N) is 1. The van der Waals surface area contributed by atoms with Gasteiger partial charge in [0.2, 0.25) is 5.55 Å². The summed E-state index contributed by atoms with van der Waals surface area (Å²) in [6.07, 6.45) is -27.2. The van der Waals surface area contributed by atoms with Gasteiger partial charge in [-0.15, -0.1) is 0 Å². The summed E-state index contributed by atoms with van der Waals surface area (Å²) in [4.78, 5) is -0.0389. The van der Waals surface area contributed by atoms with E-state index >= 15 is 0 Å². The first kappa shape index (κ1) is 64.8. The molecule has 0 aliphatic heterocycles. The van der Waals surface area contributed by atoms with Crippen LogP contribution in [0.15, 0.2) is 52.9 Å². The van der Waals surface area contributed by atoms with Crippen molar-refractivity contribution in [3.05, 3.63) is 59.6 Å². The zero-order valence-electron chi connectivity index (χ0n) is 35.5. The molecule has 0 aliphatic rings. The third kappa shape index (κ3) is 9.49. The fraction of sp³-hybridized carbons (Fsp3) is 0.579. The van der Waals surface area contributed by atoms with E-state index in [-0.39, 0.29) is 21.4 Å². The van der Waals surface area contributed by atoms with Crippen molar-refractivity contribution >= 4 is 16.7 Å². The van der Waals surface area contributed by atoms with Gasteiger partial charge in [-0.25, -0.2) is 0 Å². The maximum atomic E-state index is 14.8. The molecule has 1 N–H and O–H groups in total. The molecule has 1 heterocycles. The number of benzene rings is 2. The van der Waals surface area contributed by atoms with Gasteiger partial charge in [0.15, 0.2) is 0 Å². The SMILES string of the molecule is N#Cc1c(-c2ccccc2)c2ccc(N(CCCC(F)(F)C(F)(F)C(F)(F)C(F)(F)C(F)(F)C(F)(F)C(F)(F)C(F)(F)F)CCCC(F)(F)C(F)(F)C(F)(F)C(F)(F)C(F)(F)C(F)(F)C(F)(F)C(F)(F)F)cc2oc1=N. The quantitative estimate of drug-likeness (QED) is 0.102. The molecule has 3 aromatic rings. The largest absolute Gasteiger partial charge is 0.460 e. The fourth-order valence-corrected chi connectivity index (χ4v) is 6.48. The van der Waals surface area contributed by atoms with Crippen molar-refractivity contribution in [2.75, 3.05) is 18.0 Å². The number of fused-ring (bicyclic) bond motifs is 1. The van der Waals surface area contributed by atoms with Crippen molar-refractivity contribution in [1.29, 1.82) is 10.7 Å². The Morgan fingerprint density at radius 2 is 0.737 bits per heavy atom.